The number of aliphatic hydroxyl groups is 1. The van der Waals surface area contributed by atoms with Crippen LogP contribution in [0.15, 0.2) is 42.5 Å². The third-order valence-corrected chi connectivity index (χ3v) is 5.49. The Bertz CT molecular complexity index is 780. The molecule has 1 unspecified atom stereocenters. The van der Waals surface area contributed by atoms with Gasteiger partial charge in [-0.25, -0.2) is 0 Å². The second-order valence-electron chi connectivity index (χ2n) is 7.76. The Balaban J connectivity index is 0.00000272. The molecule has 2 aromatic carbocycles. The van der Waals surface area contributed by atoms with Crippen LogP contribution in [-0.2, 0) is 17.9 Å². The maximum absolute atomic E-state index is 10.4. The van der Waals surface area contributed by atoms with Crippen LogP contribution in [0.4, 0.5) is 0 Å². The van der Waals surface area contributed by atoms with Gasteiger partial charge in [-0.1, -0.05) is 30.3 Å². The van der Waals surface area contributed by atoms with Crippen LogP contribution in [0.25, 0.3) is 0 Å². The zero-order valence-electron chi connectivity index (χ0n) is 19.6. The average Bonchev–Trinajstić information content (AvgIpc) is 2.80. The van der Waals surface area contributed by atoms with Gasteiger partial charge in [0.2, 0.25) is 5.75 Å². The van der Waals surface area contributed by atoms with Gasteiger partial charge in [0.25, 0.3) is 0 Å². The normalized spacial score (nSPS) is 15.2. The highest BCUT2D eigenvalue weighted by Crippen LogP contribution is 2.38. The molecule has 0 radical (unpaired) electrons. The predicted octanol–water partition coefficient (Wildman–Crippen LogP) is 3.25. The minimum atomic E-state index is -0.525. The quantitative estimate of drug-likeness (QED) is 0.505. The molecule has 1 fully saturated rings. The van der Waals surface area contributed by atoms with Gasteiger partial charge in [0, 0.05) is 39.3 Å². The summed E-state index contributed by atoms with van der Waals surface area (Å²) in [6.07, 6.45) is -0.525. The molecular formula is C24H36Cl2N2O5. The number of ether oxygens (including phenoxy) is 4. The van der Waals surface area contributed by atoms with Crippen LogP contribution in [0.1, 0.15) is 11.1 Å². The van der Waals surface area contributed by atoms with Gasteiger partial charge in [-0.05, 0) is 23.3 Å². The number of halogens is 2. The fraction of sp³-hybridized carbons (Fsp3) is 0.500. The zero-order chi connectivity index (χ0) is 22.1. The molecule has 1 saturated heterocycles. The van der Waals surface area contributed by atoms with Gasteiger partial charge in [-0.3, -0.25) is 9.80 Å². The Labute approximate surface area is 209 Å². The number of piperazine rings is 1. The Morgan fingerprint density at radius 3 is 1.94 bits per heavy atom. The lowest BCUT2D eigenvalue weighted by Crippen LogP contribution is -2.48. The molecule has 0 amide bonds. The molecule has 1 aliphatic heterocycles. The van der Waals surface area contributed by atoms with E-state index < -0.39 is 6.10 Å². The van der Waals surface area contributed by atoms with Crippen molar-refractivity contribution in [1.82, 2.24) is 9.80 Å². The van der Waals surface area contributed by atoms with Crippen LogP contribution in [-0.4, -0.2) is 81.7 Å². The molecule has 1 N–H and O–H groups in total. The van der Waals surface area contributed by atoms with E-state index in [2.05, 4.69) is 34.1 Å². The summed E-state index contributed by atoms with van der Waals surface area (Å²) in [4.78, 5) is 4.76. The van der Waals surface area contributed by atoms with E-state index in [4.69, 9.17) is 18.9 Å². The van der Waals surface area contributed by atoms with Crippen LogP contribution >= 0.6 is 24.8 Å². The Kier molecular flexibility index (Phi) is 13.5. The highest BCUT2D eigenvalue weighted by molar-refractivity contribution is 5.85. The summed E-state index contributed by atoms with van der Waals surface area (Å²) >= 11 is 0. The summed E-state index contributed by atoms with van der Waals surface area (Å²) in [7, 11) is 4.75. The lowest BCUT2D eigenvalue weighted by atomic mass is 10.2. The summed E-state index contributed by atoms with van der Waals surface area (Å²) < 4.78 is 21.8. The lowest BCUT2D eigenvalue weighted by molar-refractivity contribution is 0.000807. The van der Waals surface area contributed by atoms with Crippen molar-refractivity contribution in [2.75, 3.05) is 60.7 Å². The standard InChI is InChI=1S/C24H34N2O5.2ClH/c1-28-22-13-20(14-23(29-2)24(22)30-3)17-31-18-21(27)16-26-11-9-25(10-12-26)15-19-7-5-4-6-8-19;;/h4-8,13-14,21,27H,9-12,15-18H2,1-3H3;2*1H. The van der Waals surface area contributed by atoms with Gasteiger partial charge in [0.15, 0.2) is 11.5 Å². The van der Waals surface area contributed by atoms with E-state index >= 15 is 0 Å². The number of aliphatic hydroxyl groups excluding tert-OH is 1. The first kappa shape index (κ1) is 29.3. The van der Waals surface area contributed by atoms with Crippen LogP contribution in [0.2, 0.25) is 0 Å². The van der Waals surface area contributed by atoms with E-state index in [1.807, 2.05) is 18.2 Å². The van der Waals surface area contributed by atoms with E-state index in [0.717, 1.165) is 38.3 Å². The van der Waals surface area contributed by atoms with E-state index in [1.165, 1.54) is 5.56 Å². The third kappa shape index (κ3) is 8.85. The molecule has 0 bridgehead atoms. The minimum absolute atomic E-state index is 0. The Morgan fingerprint density at radius 2 is 1.39 bits per heavy atom. The number of benzene rings is 2. The SMILES string of the molecule is COc1cc(COCC(O)CN2CCN(Cc3ccccc3)CC2)cc(OC)c1OC.Cl.Cl. The predicted molar refractivity (Wildman–Crippen MR) is 134 cm³/mol. The van der Waals surface area contributed by atoms with Gasteiger partial charge >= 0.3 is 0 Å². The molecule has 0 aliphatic carbocycles. The summed E-state index contributed by atoms with van der Waals surface area (Å²) in [5.41, 5.74) is 2.24. The van der Waals surface area contributed by atoms with Gasteiger partial charge in [0.05, 0.1) is 40.6 Å². The molecule has 9 heteroatoms. The van der Waals surface area contributed by atoms with Crippen molar-refractivity contribution >= 4 is 24.8 Å². The summed E-state index contributed by atoms with van der Waals surface area (Å²) in [6.45, 7) is 6.17. The van der Waals surface area contributed by atoms with E-state index in [0.29, 0.717) is 30.4 Å². The summed E-state index contributed by atoms with van der Waals surface area (Å²) in [5.74, 6) is 1.74. The monoisotopic (exact) mass is 502 g/mol. The second-order valence-corrected chi connectivity index (χ2v) is 7.76. The maximum Gasteiger partial charge on any atom is 0.203 e. The van der Waals surface area contributed by atoms with Crippen molar-refractivity contribution < 1.29 is 24.1 Å². The molecule has 1 atom stereocenters. The minimum Gasteiger partial charge on any atom is -0.493 e. The third-order valence-electron chi connectivity index (χ3n) is 5.49. The van der Waals surface area contributed by atoms with Crippen LogP contribution in [0.5, 0.6) is 17.2 Å². The molecule has 0 spiro atoms. The Hall–Kier alpha value is -1.74. The average molecular weight is 503 g/mol. The van der Waals surface area contributed by atoms with Crippen molar-refractivity contribution in [3.8, 4) is 17.2 Å². The van der Waals surface area contributed by atoms with Gasteiger partial charge in [0.1, 0.15) is 0 Å². The van der Waals surface area contributed by atoms with Crippen molar-refractivity contribution in [2.45, 2.75) is 19.3 Å². The van der Waals surface area contributed by atoms with Gasteiger partial charge in [-0.2, -0.15) is 0 Å². The van der Waals surface area contributed by atoms with E-state index in [9.17, 15) is 5.11 Å². The molecule has 0 aromatic heterocycles. The molecule has 0 saturated carbocycles. The van der Waals surface area contributed by atoms with Crippen LogP contribution < -0.4 is 14.2 Å². The first-order valence-corrected chi connectivity index (χ1v) is 10.7. The van der Waals surface area contributed by atoms with Crippen LogP contribution in [0, 0.1) is 0 Å². The number of hydrogen-bond acceptors (Lipinski definition) is 7. The molecule has 2 aromatic rings. The number of nitrogens with zero attached hydrogens (tertiary/aromatic N) is 2. The molecule has 7 nitrogen and oxygen atoms in total. The molecule has 1 aliphatic rings. The van der Waals surface area contributed by atoms with Gasteiger partial charge < -0.3 is 24.1 Å². The molecular weight excluding hydrogens is 467 g/mol. The summed E-state index contributed by atoms with van der Waals surface area (Å²) in [5, 5.41) is 10.4. The second kappa shape index (κ2) is 15.2. The van der Waals surface area contributed by atoms with Crippen LogP contribution in [0.3, 0.4) is 0 Å². The molecule has 186 valence electrons. The van der Waals surface area contributed by atoms with Crippen molar-refractivity contribution in [2.24, 2.45) is 0 Å². The lowest BCUT2D eigenvalue weighted by Gasteiger charge is -2.35. The largest absolute Gasteiger partial charge is 0.493 e. The topological polar surface area (TPSA) is 63.6 Å². The Morgan fingerprint density at radius 1 is 0.818 bits per heavy atom. The van der Waals surface area contributed by atoms with E-state index in [-0.39, 0.29) is 31.4 Å². The number of methoxy groups -OCH3 is 3. The zero-order valence-corrected chi connectivity index (χ0v) is 21.2. The molecule has 33 heavy (non-hydrogen) atoms. The van der Waals surface area contributed by atoms with Crippen molar-refractivity contribution in [3.05, 3.63) is 53.6 Å². The fourth-order valence-corrected chi connectivity index (χ4v) is 3.85. The smallest absolute Gasteiger partial charge is 0.203 e. The highest BCUT2D eigenvalue weighted by Gasteiger charge is 2.19. The highest BCUT2D eigenvalue weighted by atomic mass is 35.5. The summed E-state index contributed by atoms with van der Waals surface area (Å²) in [6, 6.07) is 14.3. The molecule has 3 rings (SSSR count). The first-order valence-electron chi connectivity index (χ1n) is 10.7. The number of hydrogen-bond donors (Lipinski definition) is 1. The van der Waals surface area contributed by atoms with E-state index in [1.54, 1.807) is 21.3 Å². The molecule has 1 heterocycles. The number of β-amino-alcohol motifs (C(OH)–C–C–N with tert-alkyl or cyclic N) is 1. The van der Waals surface area contributed by atoms with Crippen molar-refractivity contribution in [3.63, 3.8) is 0 Å². The van der Waals surface area contributed by atoms with Crippen molar-refractivity contribution in [1.29, 1.82) is 0 Å². The fourth-order valence-electron chi connectivity index (χ4n) is 3.85. The maximum atomic E-state index is 10.4. The first-order chi connectivity index (χ1) is 15.1. The number of rotatable bonds is 11. The van der Waals surface area contributed by atoms with Gasteiger partial charge in [-0.15, -0.1) is 24.8 Å².